The van der Waals surface area contributed by atoms with Gasteiger partial charge in [0.25, 0.3) is 0 Å². The van der Waals surface area contributed by atoms with Gasteiger partial charge in [-0.15, -0.1) is 11.3 Å². The molecule has 1 atom stereocenters. The molecular weight excluding hydrogens is 308 g/mol. The van der Waals surface area contributed by atoms with Gasteiger partial charge in [0.15, 0.2) is 0 Å². The molecule has 2 aromatic rings. The normalized spacial score (nSPS) is 21.7. The molecule has 4 nitrogen and oxygen atoms in total. The minimum absolute atomic E-state index is 0.229. The van der Waals surface area contributed by atoms with Gasteiger partial charge in [0.05, 0.1) is 10.7 Å². The molecule has 0 aliphatic carbocycles. The number of rotatable bonds is 6. The van der Waals surface area contributed by atoms with Crippen LogP contribution >= 0.6 is 11.3 Å². The van der Waals surface area contributed by atoms with Gasteiger partial charge in [0.1, 0.15) is 18.0 Å². The van der Waals surface area contributed by atoms with Gasteiger partial charge in [-0.3, -0.25) is 4.90 Å². The molecule has 1 fully saturated rings. The third-order valence-corrected chi connectivity index (χ3v) is 5.29. The van der Waals surface area contributed by atoms with Crippen LogP contribution < -0.4 is 4.74 Å². The first-order chi connectivity index (χ1) is 11.1. The summed E-state index contributed by atoms with van der Waals surface area (Å²) in [6.45, 7) is 7.49. The maximum atomic E-state index is 6.05. The summed E-state index contributed by atoms with van der Waals surface area (Å²) in [6, 6.07) is 8.12. The van der Waals surface area contributed by atoms with Crippen molar-refractivity contribution in [2.45, 2.75) is 32.4 Å². The van der Waals surface area contributed by atoms with Crippen LogP contribution in [0.3, 0.4) is 0 Å². The highest BCUT2D eigenvalue weighted by molar-refractivity contribution is 7.09. The number of hydrogen-bond donors (Lipinski definition) is 0. The molecule has 23 heavy (non-hydrogen) atoms. The minimum atomic E-state index is -0.229. The highest BCUT2D eigenvalue weighted by Gasteiger charge is 2.39. The lowest BCUT2D eigenvalue weighted by Crippen LogP contribution is -2.41. The Balaban J connectivity index is 1.60. The predicted octanol–water partition coefficient (Wildman–Crippen LogP) is 3.43. The van der Waals surface area contributed by atoms with Crippen molar-refractivity contribution in [2.75, 3.05) is 26.8 Å². The lowest BCUT2D eigenvalue weighted by atomic mass is 10.0. The topological polar surface area (TPSA) is 34.6 Å². The molecule has 124 valence electrons. The SMILES string of the molecule is COC1(COc2ccccc2C)CCN(Cc2csc(C)n2)C1. The van der Waals surface area contributed by atoms with E-state index in [1.807, 2.05) is 25.1 Å². The molecule has 0 bridgehead atoms. The Bertz CT molecular complexity index is 658. The van der Waals surface area contributed by atoms with E-state index in [0.29, 0.717) is 6.61 Å². The number of para-hydroxylation sites is 1. The molecule has 0 radical (unpaired) electrons. The highest BCUT2D eigenvalue weighted by Crippen LogP contribution is 2.28. The second kappa shape index (κ2) is 6.99. The van der Waals surface area contributed by atoms with Crippen LogP contribution in [0.15, 0.2) is 29.6 Å². The molecule has 0 amide bonds. The number of hydrogen-bond acceptors (Lipinski definition) is 5. The summed E-state index contributed by atoms with van der Waals surface area (Å²) in [5.74, 6) is 0.942. The van der Waals surface area contributed by atoms with E-state index in [2.05, 4.69) is 28.3 Å². The molecule has 1 aromatic heterocycles. The van der Waals surface area contributed by atoms with Gasteiger partial charge >= 0.3 is 0 Å². The van der Waals surface area contributed by atoms with Gasteiger partial charge in [-0.25, -0.2) is 4.98 Å². The maximum absolute atomic E-state index is 6.05. The van der Waals surface area contributed by atoms with Crippen molar-refractivity contribution in [3.05, 3.63) is 45.9 Å². The first-order valence-corrected chi connectivity index (χ1v) is 8.85. The van der Waals surface area contributed by atoms with Crippen LogP contribution in [-0.4, -0.2) is 42.3 Å². The van der Waals surface area contributed by atoms with Gasteiger partial charge in [-0.05, 0) is 31.9 Å². The van der Waals surface area contributed by atoms with Crippen molar-refractivity contribution >= 4 is 11.3 Å². The molecule has 2 heterocycles. The van der Waals surface area contributed by atoms with Crippen molar-refractivity contribution in [3.8, 4) is 5.75 Å². The molecule has 1 aliphatic heterocycles. The summed E-state index contributed by atoms with van der Waals surface area (Å²) in [4.78, 5) is 6.96. The zero-order valence-electron chi connectivity index (χ0n) is 14.0. The van der Waals surface area contributed by atoms with Crippen molar-refractivity contribution < 1.29 is 9.47 Å². The highest BCUT2D eigenvalue weighted by atomic mass is 32.1. The van der Waals surface area contributed by atoms with Crippen LogP contribution in [0.1, 0.15) is 22.7 Å². The van der Waals surface area contributed by atoms with E-state index >= 15 is 0 Å². The van der Waals surface area contributed by atoms with Crippen LogP contribution in [0.4, 0.5) is 0 Å². The van der Waals surface area contributed by atoms with Crippen molar-refractivity contribution in [3.63, 3.8) is 0 Å². The van der Waals surface area contributed by atoms with E-state index in [0.717, 1.165) is 48.1 Å². The molecule has 1 aliphatic rings. The van der Waals surface area contributed by atoms with Crippen molar-refractivity contribution in [2.24, 2.45) is 0 Å². The first kappa shape index (κ1) is 16.4. The van der Waals surface area contributed by atoms with Crippen molar-refractivity contribution in [1.29, 1.82) is 0 Å². The fourth-order valence-electron chi connectivity index (χ4n) is 3.04. The Hall–Kier alpha value is -1.43. The van der Waals surface area contributed by atoms with Crippen LogP contribution in [0, 0.1) is 13.8 Å². The molecule has 0 saturated carbocycles. The third kappa shape index (κ3) is 3.91. The largest absolute Gasteiger partial charge is 0.490 e. The fourth-order valence-corrected chi connectivity index (χ4v) is 3.65. The van der Waals surface area contributed by atoms with E-state index in [1.165, 1.54) is 0 Å². The van der Waals surface area contributed by atoms with Gasteiger partial charge < -0.3 is 9.47 Å². The summed E-state index contributed by atoms with van der Waals surface area (Å²) >= 11 is 1.71. The van der Waals surface area contributed by atoms with E-state index in [1.54, 1.807) is 18.4 Å². The smallest absolute Gasteiger partial charge is 0.122 e. The number of methoxy groups -OCH3 is 1. The molecule has 3 rings (SSSR count). The van der Waals surface area contributed by atoms with Crippen molar-refractivity contribution in [1.82, 2.24) is 9.88 Å². The Morgan fingerprint density at radius 2 is 2.13 bits per heavy atom. The number of ether oxygens (including phenoxy) is 2. The van der Waals surface area contributed by atoms with E-state index in [-0.39, 0.29) is 5.60 Å². The van der Waals surface area contributed by atoms with E-state index < -0.39 is 0 Å². The summed E-state index contributed by atoms with van der Waals surface area (Å²) in [7, 11) is 1.79. The number of likely N-dealkylation sites (tertiary alicyclic amines) is 1. The lowest BCUT2D eigenvalue weighted by molar-refractivity contribution is -0.0361. The second-order valence-electron chi connectivity index (χ2n) is 6.26. The average Bonchev–Trinajstić information content (AvgIpc) is 3.14. The quantitative estimate of drug-likeness (QED) is 0.812. The van der Waals surface area contributed by atoms with Crippen LogP contribution in [0.25, 0.3) is 0 Å². The zero-order valence-corrected chi connectivity index (χ0v) is 14.9. The standard InChI is InChI=1S/C18H24N2O2S/c1-14-6-4-5-7-17(14)22-13-18(21-3)8-9-20(12-18)10-16-11-23-15(2)19-16/h4-7,11H,8-10,12-13H2,1-3H3. The third-order valence-electron chi connectivity index (χ3n) is 4.46. The summed E-state index contributed by atoms with van der Waals surface area (Å²) in [5.41, 5.74) is 2.08. The molecule has 1 unspecified atom stereocenters. The second-order valence-corrected chi connectivity index (χ2v) is 7.32. The monoisotopic (exact) mass is 332 g/mol. The molecule has 5 heteroatoms. The van der Waals surface area contributed by atoms with Crippen LogP contribution in [0.2, 0.25) is 0 Å². The Kier molecular flexibility index (Phi) is 4.99. The first-order valence-electron chi connectivity index (χ1n) is 7.97. The molecule has 1 aromatic carbocycles. The molecule has 1 saturated heterocycles. The van der Waals surface area contributed by atoms with E-state index in [9.17, 15) is 0 Å². The number of thiazole rings is 1. The minimum Gasteiger partial charge on any atom is -0.490 e. The Morgan fingerprint density at radius 1 is 1.30 bits per heavy atom. The summed E-state index contributed by atoms with van der Waals surface area (Å²) in [5, 5.41) is 3.27. The molecular formula is C18H24N2O2S. The van der Waals surface area contributed by atoms with Crippen LogP contribution in [0.5, 0.6) is 5.75 Å². The van der Waals surface area contributed by atoms with Crippen LogP contribution in [-0.2, 0) is 11.3 Å². The van der Waals surface area contributed by atoms with Gasteiger partial charge in [-0.1, -0.05) is 18.2 Å². The van der Waals surface area contributed by atoms with Gasteiger partial charge in [-0.2, -0.15) is 0 Å². The van der Waals surface area contributed by atoms with Gasteiger partial charge in [0, 0.05) is 32.1 Å². The zero-order chi connectivity index (χ0) is 16.3. The van der Waals surface area contributed by atoms with E-state index in [4.69, 9.17) is 9.47 Å². The Labute approximate surface area is 142 Å². The lowest BCUT2D eigenvalue weighted by Gasteiger charge is -2.28. The number of benzene rings is 1. The molecule has 0 spiro atoms. The summed E-state index contributed by atoms with van der Waals surface area (Å²) < 4.78 is 11.9. The molecule has 0 N–H and O–H groups in total. The maximum Gasteiger partial charge on any atom is 0.122 e. The average molecular weight is 332 g/mol. The number of aromatic nitrogens is 1. The number of nitrogens with zero attached hydrogens (tertiary/aromatic N) is 2. The number of aryl methyl sites for hydroxylation is 2. The predicted molar refractivity (Wildman–Crippen MR) is 93.2 cm³/mol. The Morgan fingerprint density at radius 3 is 2.83 bits per heavy atom. The fraction of sp³-hybridized carbons (Fsp3) is 0.500. The summed E-state index contributed by atoms with van der Waals surface area (Å²) in [6.07, 6.45) is 0.985. The van der Waals surface area contributed by atoms with Gasteiger partial charge in [0.2, 0.25) is 0 Å².